The molecule has 3 aromatic rings. The zero-order valence-electron chi connectivity index (χ0n) is 13.9. The molecule has 0 aliphatic carbocycles. The van der Waals surface area contributed by atoms with Crippen molar-refractivity contribution in [3.63, 3.8) is 0 Å². The lowest BCUT2D eigenvalue weighted by Crippen LogP contribution is -2.23. The third-order valence-corrected chi connectivity index (χ3v) is 4.72. The Balaban J connectivity index is 1.91. The molecule has 0 saturated carbocycles. The Labute approximate surface area is 144 Å². The number of H-pyrrole nitrogens is 1. The van der Waals surface area contributed by atoms with E-state index in [9.17, 15) is 13.2 Å². The number of sulfone groups is 1. The third-order valence-electron chi connectivity index (χ3n) is 3.74. The lowest BCUT2D eigenvalue weighted by atomic mass is 10.3. The summed E-state index contributed by atoms with van der Waals surface area (Å²) in [5.74, 6) is 0.353. The molecule has 0 bridgehead atoms. The van der Waals surface area contributed by atoms with Crippen LogP contribution in [0.25, 0.3) is 16.7 Å². The number of aromatic nitrogens is 4. The van der Waals surface area contributed by atoms with Gasteiger partial charge in [0.15, 0.2) is 5.65 Å². The summed E-state index contributed by atoms with van der Waals surface area (Å²) in [6, 6.07) is 9.23. The summed E-state index contributed by atoms with van der Waals surface area (Å²) < 4.78 is 24.1. The number of benzene rings is 1. The van der Waals surface area contributed by atoms with E-state index in [1.165, 1.54) is 12.5 Å². The number of rotatable bonds is 6. The second-order valence-corrected chi connectivity index (χ2v) is 8.27. The van der Waals surface area contributed by atoms with Crippen LogP contribution in [0.2, 0.25) is 0 Å². The predicted molar refractivity (Wildman–Crippen MR) is 96.9 cm³/mol. The van der Waals surface area contributed by atoms with E-state index in [1.54, 1.807) is 4.68 Å². The zero-order valence-corrected chi connectivity index (χ0v) is 14.7. The average molecular weight is 361 g/mol. The van der Waals surface area contributed by atoms with Crippen molar-refractivity contribution in [1.29, 1.82) is 0 Å². The standard InChI is InChI=1S/C16H19N5O3S/c1-11(8-9-25(2,23)24)18-16-19-14-13(15(22)20-16)10-17-21(14)12-6-4-3-5-7-12/h3-7,10-11H,8-9H2,1-2H3,(H2,18,19,20,22). The fourth-order valence-electron chi connectivity index (χ4n) is 2.44. The van der Waals surface area contributed by atoms with Crippen LogP contribution in [0, 0.1) is 0 Å². The van der Waals surface area contributed by atoms with Gasteiger partial charge in [-0.2, -0.15) is 10.1 Å². The molecule has 2 heterocycles. The SMILES string of the molecule is CC(CCS(C)(=O)=O)Nc1nc2c(cnn2-c2ccccc2)c(=O)[nH]1. The maximum absolute atomic E-state index is 12.3. The van der Waals surface area contributed by atoms with Crippen molar-refractivity contribution in [2.45, 2.75) is 19.4 Å². The van der Waals surface area contributed by atoms with Gasteiger partial charge in [-0.1, -0.05) is 18.2 Å². The normalized spacial score (nSPS) is 13.0. The van der Waals surface area contributed by atoms with Crippen LogP contribution in [0.5, 0.6) is 0 Å². The van der Waals surface area contributed by atoms with Crippen LogP contribution in [-0.2, 0) is 9.84 Å². The van der Waals surface area contributed by atoms with Gasteiger partial charge in [0, 0.05) is 12.3 Å². The Bertz CT molecular complexity index is 1040. The summed E-state index contributed by atoms with van der Waals surface area (Å²) in [6.07, 6.45) is 3.09. The maximum atomic E-state index is 12.3. The lowest BCUT2D eigenvalue weighted by Gasteiger charge is -2.13. The zero-order chi connectivity index (χ0) is 18.0. The molecule has 2 aromatic heterocycles. The van der Waals surface area contributed by atoms with E-state index in [-0.39, 0.29) is 23.3 Å². The molecule has 8 nitrogen and oxygen atoms in total. The minimum atomic E-state index is -3.03. The fourth-order valence-corrected chi connectivity index (χ4v) is 3.22. The average Bonchev–Trinajstić information content (AvgIpc) is 2.97. The molecule has 2 N–H and O–H groups in total. The van der Waals surface area contributed by atoms with Crippen molar-refractivity contribution in [3.8, 4) is 5.69 Å². The van der Waals surface area contributed by atoms with Crippen LogP contribution in [0.15, 0.2) is 41.3 Å². The van der Waals surface area contributed by atoms with Gasteiger partial charge in [0.1, 0.15) is 15.2 Å². The quantitative estimate of drug-likeness (QED) is 0.686. The maximum Gasteiger partial charge on any atom is 0.263 e. The van der Waals surface area contributed by atoms with Gasteiger partial charge < -0.3 is 5.32 Å². The molecule has 9 heteroatoms. The van der Waals surface area contributed by atoms with E-state index in [0.717, 1.165) is 5.69 Å². The molecule has 3 rings (SSSR count). The summed E-state index contributed by atoms with van der Waals surface area (Å²) in [4.78, 5) is 19.4. The van der Waals surface area contributed by atoms with Crippen LogP contribution in [-0.4, -0.2) is 46.2 Å². The molecule has 1 aromatic carbocycles. The molecule has 0 saturated heterocycles. The summed E-state index contributed by atoms with van der Waals surface area (Å²) in [7, 11) is -3.03. The highest BCUT2D eigenvalue weighted by Gasteiger charge is 2.13. The van der Waals surface area contributed by atoms with Crippen LogP contribution in [0.3, 0.4) is 0 Å². The van der Waals surface area contributed by atoms with E-state index in [2.05, 4.69) is 20.4 Å². The third kappa shape index (κ3) is 4.05. The predicted octanol–water partition coefficient (Wildman–Crippen LogP) is 1.34. The Kier molecular flexibility index (Phi) is 4.58. The summed E-state index contributed by atoms with van der Waals surface area (Å²) in [5.41, 5.74) is 0.935. The highest BCUT2D eigenvalue weighted by atomic mass is 32.2. The van der Waals surface area contributed by atoms with Crippen molar-refractivity contribution in [1.82, 2.24) is 19.7 Å². The van der Waals surface area contributed by atoms with Crippen molar-refractivity contribution < 1.29 is 8.42 Å². The second-order valence-electron chi connectivity index (χ2n) is 6.01. The Hall–Kier alpha value is -2.68. The van der Waals surface area contributed by atoms with Crippen molar-refractivity contribution in [2.75, 3.05) is 17.3 Å². The van der Waals surface area contributed by atoms with Gasteiger partial charge in [-0.15, -0.1) is 0 Å². The van der Waals surface area contributed by atoms with Gasteiger partial charge >= 0.3 is 0 Å². The molecule has 132 valence electrons. The topological polar surface area (TPSA) is 110 Å². The van der Waals surface area contributed by atoms with E-state index < -0.39 is 9.84 Å². The van der Waals surface area contributed by atoms with E-state index in [4.69, 9.17) is 0 Å². The fraction of sp³-hybridized carbons (Fsp3) is 0.312. The van der Waals surface area contributed by atoms with Crippen LogP contribution >= 0.6 is 0 Å². The Morgan fingerprint density at radius 2 is 2.00 bits per heavy atom. The lowest BCUT2D eigenvalue weighted by molar-refractivity contribution is 0.595. The number of hydrogen-bond acceptors (Lipinski definition) is 6. The van der Waals surface area contributed by atoms with Crippen molar-refractivity contribution in [3.05, 3.63) is 46.9 Å². The number of nitrogens with one attached hydrogen (secondary N) is 2. The molecule has 1 unspecified atom stereocenters. The summed E-state index contributed by atoms with van der Waals surface area (Å²) >= 11 is 0. The number of fused-ring (bicyclic) bond motifs is 1. The highest BCUT2D eigenvalue weighted by molar-refractivity contribution is 7.90. The molecule has 0 fully saturated rings. The first kappa shape index (κ1) is 17.2. The van der Waals surface area contributed by atoms with Crippen molar-refractivity contribution >= 4 is 26.8 Å². The minimum Gasteiger partial charge on any atom is -0.353 e. The molecular formula is C16H19N5O3S. The number of aromatic amines is 1. The van der Waals surface area contributed by atoms with Gasteiger partial charge in [0.25, 0.3) is 5.56 Å². The summed E-state index contributed by atoms with van der Waals surface area (Å²) in [5, 5.41) is 7.67. The molecule has 0 radical (unpaired) electrons. The molecule has 1 atom stereocenters. The summed E-state index contributed by atoms with van der Waals surface area (Å²) in [6.45, 7) is 1.84. The first-order valence-corrected chi connectivity index (χ1v) is 9.87. The van der Waals surface area contributed by atoms with Crippen molar-refractivity contribution in [2.24, 2.45) is 0 Å². The molecule has 0 aliphatic rings. The van der Waals surface area contributed by atoms with E-state index >= 15 is 0 Å². The smallest absolute Gasteiger partial charge is 0.263 e. The van der Waals surface area contributed by atoms with Gasteiger partial charge in [-0.3, -0.25) is 9.78 Å². The first-order valence-electron chi connectivity index (χ1n) is 7.81. The van der Waals surface area contributed by atoms with Gasteiger partial charge in [-0.25, -0.2) is 13.1 Å². The molecule has 0 spiro atoms. The molecular weight excluding hydrogens is 342 g/mol. The number of hydrogen-bond donors (Lipinski definition) is 2. The number of anilines is 1. The number of nitrogens with zero attached hydrogens (tertiary/aromatic N) is 3. The van der Waals surface area contributed by atoms with E-state index in [0.29, 0.717) is 17.5 Å². The molecule has 25 heavy (non-hydrogen) atoms. The highest BCUT2D eigenvalue weighted by Crippen LogP contribution is 2.15. The van der Waals surface area contributed by atoms with Gasteiger partial charge in [-0.05, 0) is 25.5 Å². The van der Waals surface area contributed by atoms with E-state index in [1.807, 2.05) is 37.3 Å². The van der Waals surface area contributed by atoms with Crippen LogP contribution < -0.4 is 10.9 Å². The number of para-hydroxylation sites is 1. The van der Waals surface area contributed by atoms with Crippen LogP contribution in [0.4, 0.5) is 5.95 Å². The molecule has 0 aliphatic heterocycles. The Morgan fingerprint density at radius 3 is 2.68 bits per heavy atom. The Morgan fingerprint density at radius 1 is 1.28 bits per heavy atom. The second kappa shape index (κ2) is 6.67. The first-order chi connectivity index (χ1) is 11.8. The molecule has 0 amide bonds. The van der Waals surface area contributed by atoms with Gasteiger partial charge in [0.05, 0.1) is 17.6 Å². The minimum absolute atomic E-state index is 0.0651. The largest absolute Gasteiger partial charge is 0.353 e. The monoisotopic (exact) mass is 361 g/mol. The van der Waals surface area contributed by atoms with Gasteiger partial charge in [0.2, 0.25) is 5.95 Å². The van der Waals surface area contributed by atoms with Crippen LogP contribution in [0.1, 0.15) is 13.3 Å².